The highest BCUT2D eigenvalue weighted by Gasteiger charge is 2.44. The van der Waals surface area contributed by atoms with Crippen molar-refractivity contribution in [2.45, 2.75) is 19.8 Å². The van der Waals surface area contributed by atoms with E-state index in [2.05, 4.69) is 10.6 Å². The Morgan fingerprint density at radius 2 is 1.68 bits per heavy atom. The van der Waals surface area contributed by atoms with Gasteiger partial charge in [0.15, 0.2) is 0 Å². The molecule has 1 amide bonds. The number of rotatable bonds is 5. The number of methoxy groups -OCH3 is 1. The predicted molar refractivity (Wildman–Crippen MR) is 88.7 cm³/mol. The fourth-order valence-electron chi connectivity index (χ4n) is 2.22. The van der Waals surface area contributed by atoms with Crippen LogP contribution in [-0.4, -0.2) is 13.0 Å². The van der Waals surface area contributed by atoms with E-state index in [0.29, 0.717) is 0 Å². The predicted octanol–water partition coefficient (Wildman–Crippen LogP) is 4.18. The maximum absolute atomic E-state index is 12.2. The minimum Gasteiger partial charge on any atom is -0.497 e. The van der Waals surface area contributed by atoms with E-state index in [1.807, 2.05) is 55.5 Å². The van der Waals surface area contributed by atoms with Gasteiger partial charge in [0.25, 0.3) is 0 Å². The van der Waals surface area contributed by atoms with Gasteiger partial charge >= 0.3 is 0 Å². The molecule has 22 heavy (non-hydrogen) atoms. The van der Waals surface area contributed by atoms with Crippen LogP contribution in [0.15, 0.2) is 48.5 Å². The molecule has 1 aliphatic rings. The summed E-state index contributed by atoms with van der Waals surface area (Å²) < 4.78 is 5.16. The Kier molecular flexibility index (Phi) is 3.75. The first-order valence-corrected chi connectivity index (χ1v) is 7.42. The Balaban J connectivity index is 1.76. The van der Waals surface area contributed by atoms with E-state index < -0.39 is 0 Å². The van der Waals surface area contributed by atoms with Gasteiger partial charge in [0.1, 0.15) is 5.75 Å². The first-order chi connectivity index (χ1) is 10.6. The Morgan fingerprint density at radius 3 is 2.27 bits per heavy atom. The normalized spacial score (nSPS) is 15.0. The van der Waals surface area contributed by atoms with Crippen LogP contribution < -0.4 is 15.4 Å². The van der Waals surface area contributed by atoms with E-state index in [0.717, 1.165) is 35.7 Å². The van der Waals surface area contributed by atoms with Crippen molar-refractivity contribution in [3.05, 3.63) is 48.5 Å². The fourth-order valence-corrected chi connectivity index (χ4v) is 2.22. The van der Waals surface area contributed by atoms with Crippen LogP contribution >= 0.6 is 0 Å². The minimum absolute atomic E-state index is 0.0940. The van der Waals surface area contributed by atoms with E-state index >= 15 is 0 Å². The van der Waals surface area contributed by atoms with Gasteiger partial charge in [0, 0.05) is 11.1 Å². The standard InChI is InChI=1S/C18H20N2O2/c1-18(11-12-18)17(21)20-16-6-4-3-5-15(16)19-13-7-9-14(22-2)10-8-13/h3-10,19H,11-12H2,1-2H3,(H,20,21). The second kappa shape index (κ2) is 5.72. The highest BCUT2D eigenvalue weighted by Crippen LogP contribution is 2.46. The number of para-hydroxylation sites is 2. The molecule has 1 fully saturated rings. The summed E-state index contributed by atoms with van der Waals surface area (Å²) in [7, 11) is 1.64. The summed E-state index contributed by atoms with van der Waals surface area (Å²) in [6.07, 6.45) is 1.93. The summed E-state index contributed by atoms with van der Waals surface area (Å²) in [5.74, 6) is 0.908. The zero-order chi connectivity index (χ0) is 15.6. The number of nitrogens with one attached hydrogen (secondary N) is 2. The number of carbonyl (C=O) groups is 1. The van der Waals surface area contributed by atoms with Crippen LogP contribution in [-0.2, 0) is 4.79 Å². The fraction of sp³-hybridized carbons (Fsp3) is 0.278. The van der Waals surface area contributed by atoms with Crippen molar-refractivity contribution in [1.29, 1.82) is 0 Å². The summed E-state index contributed by atoms with van der Waals surface area (Å²) in [5.41, 5.74) is 2.44. The van der Waals surface area contributed by atoms with Crippen molar-refractivity contribution in [2.24, 2.45) is 5.41 Å². The van der Waals surface area contributed by atoms with E-state index in [1.165, 1.54) is 0 Å². The lowest BCUT2D eigenvalue weighted by Gasteiger charge is -2.15. The lowest BCUT2D eigenvalue weighted by molar-refractivity contribution is -0.120. The van der Waals surface area contributed by atoms with Crippen molar-refractivity contribution < 1.29 is 9.53 Å². The summed E-state index contributed by atoms with van der Waals surface area (Å²) in [5, 5.41) is 6.36. The molecule has 114 valence electrons. The average molecular weight is 296 g/mol. The molecule has 0 heterocycles. The maximum Gasteiger partial charge on any atom is 0.230 e. The SMILES string of the molecule is COc1ccc(Nc2ccccc2NC(=O)C2(C)CC2)cc1. The molecule has 0 aliphatic heterocycles. The third-order valence-corrected chi connectivity index (χ3v) is 4.09. The first kappa shape index (κ1) is 14.4. The molecule has 2 N–H and O–H groups in total. The topological polar surface area (TPSA) is 50.4 Å². The molecule has 0 spiro atoms. The Labute approximate surface area is 130 Å². The van der Waals surface area contributed by atoms with Gasteiger partial charge in [-0.2, -0.15) is 0 Å². The van der Waals surface area contributed by atoms with Gasteiger partial charge in [0.05, 0.1) is 18.5 Å². The first-order valence-electron chi connectivity index (χ1n) is 7.42. The molecule has 2 aromatic rings. The van der Waals surface area contributed by atoms with Crippen molar-refractivity contribution in [1.82, 2.24) is 0 Å². The van der Waals surface area contributed by atoms with Crippen LogP contribution in [0.25, 0.3) is 0 Å². The second-order valence-corrected chi connectivity index (χ2v) is 5.91. The van der Waals surface area contributed by atoms with E-state index in [9.17, 15) is 4.79 Å². The van der Waals surface area contributed by atoms with Gasteiger partial charge in [0.2, 0.25) is 5.91 Å². The highest BCUT2D eigenvalue weighted by molar-refractivity contribution is 5.99. The number of ether oxygens (including phenoxy) is 1. The number of hydrogen-bond acceptors (Lipinski definition) is 3. The molecule has 0 atom stereocenters. The lowest BCUT2D eigenvalue weighted by Crippen LogP contribution is -2.21. The molecule has 1 aliphatic carbocycles. The number of anilines is 3. The zero-order valence-electron chi connectivity index (χ0n) is 12.8. The maximum atomic E-state index is 12.2. The zero-order valence-corrected chi connectivity index (χ0v) is 12.8. The van der Waals surface area contributed by atoms with E-state index in [4.69, 9.17) is 4.74 Å². The molecular formula is C18H20N2O2. The van der Waals surface area contributed by atoms with Gasteiger partial charge in [-0.15, -0.1) is 0 Å². The van der Waals surface area contributed by atoms with Gasteiger partial charge in [-0.3, -0.25) is 4.79 Å². The molecule has 2 aromatic carbocycles. The third kappa shape index (κ3) is 3.06. The highest BCUT2D eigenvalue weighted by atomic mass is 16.5. The number of amides is 1. The Morgan fingerprint density at radius 1 is 1.05 bits per heavy atom. The van der Waals surface area contributed by atoms with Crippen LogP contribution in [0.4, 0.5) is 17.1 Å². The van der Waals surface area contributed by atoms with Crippen molar-refractivity contribution >= 4 is 23.0 Å². The molecule has 0 unspecified atom stereocenters. The molecule has 4 nitrogen and oxygen atoms in total. The molecule has 3 rings (SSSR count). The van der Waals surface area contributed by atoms with Gasteiger partial charge in [-0.25, -0.2) is 0 Å². The Bertz CT molecular complexity index is 676. The van der Waals surface area contributed by atoms with Crippen molar-refractivity contribution in [2.75, 3.05) is 17.7 Å². The monoisotopic (exact) mass is 296 g/mol. The number of benzene rings is 2. The molecule has 0 bridgehead atoms. The van der Waals surface area contributed by atoms with E-state index in [1.54, 1.807) is 7.11 Å². The largest absolute Gasteiger partial charge is 0.497 e. The van der Waals surface area contributed by atoms with Crippen LogP contribution in [0, 0.1) is 5.41 Å². The number of carbonyl (C=O) groups excluding carboxylic acids is 1. The van der Waals surface area contributed by atoms with Crippen LogP contribution in [0.2, 0.25) is 0 Å². The summed E-state index contributed by atoms with van der Waals surface area (Å²) in [6.45, 7) is 2.00. The molecule has 0 aromatic heterocycles. The summed E-state index contributed by atoms with van der Waals surface area (Å²) in [6, 6.07) is 15.4. The van der Waals surface area contributed by atoms with E-state index in [-0.39, 0.29) is 11.3 Å². The van der Waals surface area contributed by atoms with Crippen molar-refractivity contribution in [3.63, 3.8) is 0 Å². The molecule has 4 heteroatoms. The lowest BCUT2D eigenvalue weighted by atomic mass is 10.1. The van der Waals surface area contributed by atoms with Crippen LogP contribution in [0.3, 0.4) is 0 Å². The summed E-state index contributed by atoms with van der Waals surface area (Å²) >= 11 is 0. The summed E-state index contributed by atoms with van der Waals surface area (Å²) in [4.78, 5) is 12.2. The number of hydrogen-bond donors (Lipinski definition) is 2. The van der Waals surface area contributed by atoms with Gasteiger partial charge < -0.3 is 15.4 Å². The molecule has 1 saturated carbocycles. The van der Waals surface area contributed by atoms with Crippen LogP contribution in [0.5, 0.6) is 5.75 Å². The third-order valence-electron chi connectivity index (χ3n) is 4.09. The average Bonchev–Trinajstić information content (AvgIpc) is 3.29. The molecular weight excluding hydrogens is 276 g/mol. The Hall–Kier alpha value is -2.49. The molecule has 0 saturated heterocycles. The quantitative estimate of drug-likeness (QED) is 0.870. The van der Waals surface area contributed by atoms with Crippen LogP contribution in [0.1, 0.15) is 19.8 Å². The molecule has 0 radical (unpaired) electrons. The minimum atomic E-state index is -0.187. The second-order valence-electron chi connectivity index (χ2n) is 5.91. The van der Waals surface area contributed by atoms with Crippen molar-refractivity contribution in [3.8, 4) is 5.75 Å². The van der Waals surface area contributed by atoms with Gasteiger partial charge in [-0.05, 0) is 49.2 Å². The van der Waals surface area contributed by atoms with Gasteiger partial charge in [-0.1, -0.05) is 19.1 Å². The smallest absolute Gasteiger partial charge is 0.230 e.